The Morgan fingerprint density at radius 3 is 2.85 bits per heavy atom. The summed E-state index contributed by atoms with van der Waals surface area (Å²) in [6.07, 6.45) is 2.22. The van der Waals surface area contributed by atoms with Crippen LogP contribution in [0.3, 0.4) is 0 Å². The van der Waals surface area contributed by atoms with E-state index >= 15 is 0 Å². The van der Waals surface area contributed by atoms with Crippen LogP contribution in [0.5, 0.6) is 0 Å². The number of fused-ring (bicyclic) bond motifs is 1. The van der Waals surface area contributed by atoms with Gasteiger partial charge in [0.25, 0.3) is 11.5 Å². The summed E-state index contributed by atoms with van der Waals surface area (Å²) in [5.74, 6) is -0.280. The largest absolute Gasteiger partial charge is 0.336 e. The molecule has 2 aromatic rings. The molecule has 9 heteroatoms. The Bertz CT molecular complexity index is 902. The van der Waals surface area contributed by atoms with Crippen molar-refractivity contribution in [2.24, 2.45) is 7.05 Å². The van der Waals surface area contributed by atoms with Gasteiger partial charge in [-0.05, 0) is 26.0 Å². The first-order valence-corrected chi connectivity index (χ1v) is 9.18. The Labute approximate surface area is 154 Å². The van der Waals surface area contributed by atoms with Crippen molar-refractivity contribution >= 4 is 28.4 Å². The van der Waals surface area contributed by atoms with Crippen LogP contribution in [0.2, 0.25) is 0 Å². The highest BCUT2D eigenvalue weighted by atomic mass is 32.1. The summed E-state index contributed by atoms with van der Waals surface area (Å²) in [6, 6.07) is 2.97. The van der Waals surface area contributed by atoms with E-state index in [0.717, 1.165) is 10.6 Å². The molecule has 2 aromatic heterocycles. The number of carbonyl (C=O) groups is 2. The number of aryl methyl sites for hydroxylation is 1. The molecule has 0 saturated carbocycles. The molecule has 0 aromatic carbocycles. The van der Waals surface area contributed by atoms with Crippen LogP contribution in [-0.2, 0) is 20.0 Å². The molecule has 0 bridgehead atoms. The van der Waals surface area contributed by atoms with Gasteiger partial charge in [-0.25, -0.2) is 9.78 Å². The summed E-state index contributed by atoms with van der Waals surface area (Å²) < 4.78 is 1.39. The van der Waals surface area contributed by atoms with Gasteiger partial charge < -0.3 is 14.8 Å². The molecular weight excluding hydrogens is 354 g/mol. The number of thiazole rings is 1. The molecule has 1 aliphatic heterocycles. The van der Waals surface area contributed by atoms with Crippen LogP contribution < -0.4 is 16.2 Å². The highest BCUT2D eigenvalue weighted by Crippen LogP contribution is 2.28. The maximum atomic E-state index is 12.7. The summed E-state index contributed by atoms with van der Waals surface area (Å²) in [6.45, 7) is 4.64. The van der Waals surface area contributed by atoms with E-state index in [1.807, 2.05) is 13.8 Å². The number of aromatic nitrogens is 2. The van der Waals surface area contributed by atoms with E-state index in [0.29, 0.717) is 24.6 Å². The zero-order valence-corrected chi connectivity index (χ0v) is 15.7. The molecular formula is C17H21N5O3S. The monoisotopic (exact) mass is 375 g/mol. The summed E-state index contributed by atoms with van der Waals surface area (Å²) in [7, 11) is 1.62. The minimum absolute atomic E-state index is 0.0335. The number of pyridine rings is 1. The van der Waals surface area contributed by atoms with E-state index in [1.54, 1.807) is 30.3 Å². The second-order valence-electron chi connectivity index (χ2n) is 6.46. The third kappa shape index (κ3) is 3.77. The van der Waals surface area contributed by atoms with Gasteiger partial charge in [-0.2, -0.15) is 0 Å². The van der Waals surface area contributed by atoms with E-state index in [1.165, 1.54) is 15.9 Å². The molecule has 1 aliphatic rings. The minimum Gasteiger partial charge on any atom is -0.336 e. The maximum absolute atomic E-state index is 12.7. The lowest BCUT2D eigenvalue weighted by Crippen LogP contribution is -2.39. The average Bonchev–Trinajstić information content (AvgIpc) is 2.97. The molecule has 0 atom stereocenters. The predicted molar refractivity (Wildman–Crippen MR) is 99.5 cm³/mol. The molecule has 0 fully saturated rings. The standard InChI is InChI=1S/C17H21N5O3S/c1-10(2)18-16(25)20-17-19-12-6-8-22(9-13(12)26-17)15(24)11-5-4-7-21(3)14(11)23/h4-5,7,10H,6,8-9H2,1-3H3,(H2,18,19,20,25). The maximum Gasteiger partial charge on any atom is 0.321 e. The fourth-order valence-electron chi connectivity index (χ4n) is 2.75. The summed E-state index contributed by atoms with van der Waals surface area (Å²) in [5, 5.41) is 5.98. The SMILES string of the molecule is CC(C)NC(=O)Nc1nc2c(s1)CN(C(=O)c1cccn(C)c1=O)CC2. The zero-order valence-electron chi connectivity index (χ0n) is 14.9. The van der Waals surface area contributed by atoms with Crippen LogP contribution >= 0.6 is 11.3 Å². The summed E-state index contributed by atoms with van der Waals surface area (Å²) in [4.78, 5) is 43.7. The molecule has 26 heavy (non-hydrogen) atoms. The number of nitrogens with zero attached hydrogens (tertiary/aromatic N) is 3. The van der Waals surface area contributed by atoms with Crippen LogP contribution in [0.15, 0.2) is 23.1 Å². The fourth-order valence-corrected chi connectivity index (χ4v) is 3.77. The Hall–Kier alpha value is -2.68. The van der Waals surface area contributed by atoms with Crippen LogP contribution in [0.25, 0.3) is 0 Å². The van der Waals surface area contributed by atoms with Gasteiger partial charge in [-0.1, -0.05) is 11.3 Å². The van der Waals surface area contributed by atoms with Crippen LogP contribution in [0.4, 0.5) is 9.93 Å². The normalized spacial score (nSPS) is 13.5. The highest BCUT2D eigenvalue weighted by Gasteiger charge is 2.26. The fraction of sp³-hybridized carbons (Fsp3) is 0.412. The van der Waals surface area contributed by atoms with E-state index in [2.05, 4.69) is 15.6 Å². The molecule has 0 saturated heterocycles. The lowest BCUT2D eigenvalue weighted by molar-refractivity contribution is 0.0733. The zero-order chi connectivity index (χ0) is 18.8. The van der Waals surface area contributed by atoms with Gasteiger partial charge >= 0.3 is 6.03 Å². The van der Waals surface area contributed by atoms with Crippen LogP contribution in [-0.4, -0.2) is 39.0 Å². The van der Waals surface area contributed by atoms with Crippen LogP contribution in [0.1, 0.15) is 34.8 Å². The van der Waals surface area contributed by atoms with Crippen molar-refractivity contribution in [3.63, 3.8) is 0 Å². The van der Waals surface area contributed by atoms with Crippen molar-refractivity contribution < 1.29 is 9.59 Å². The van der Waals surface area contributed by atoms with E-state index in [4.69, 9.17) is 0 Å². The van der Waals surface area contributed by atoms with Crippen molar-refractivity contribution in [3.8, 4) is 0 Å². The molecule has 3 rings (SSSR count). The Morgan fingerprint density at radius 2 is 2.12 bits per heavy atom. The highest BCUT2D eigenvalue weighted by molar-refractivity contribution is 7.15. The Morgan fingerprint density at radius 1 is 1.35 bits per heavy atom. The molecule has 3 heterocycles. The smallest absolute Gasteiger partial charge is 0.321 e. The number of hydrogen-bond donors (Lipinski definition) is 2. The number of carbonyl (C=O) groups excluding carboxylic acids is 2. The number of amides is 3. The Kier molecular flexibility index (Phi) is 5.08. The molecule has 3 amide bonds. The van der Waals surface area contributed by atoms with Gasteiger partial charge in [-0.3, -0.25) is 14.9 Å². The predicted octanol–water partition coefficient (Wildman–Crippen LogP) is 1.57. The molecule has 8 nitrogen and oxygen atoms in total. The first-order valence-electron chi connectivity index (χ1n) is 8.36. The van der Waals surface area contributed by atoms with Crippen molar-refractivity contribution in [2.45, 2.75) is 32.9 Å². The average molecular weight is 375 g/mol. The quantitative estimate of drug-likeness (QED) is 0.851. The number of anilines is 1. The van der Waals surface area contributed by atoms with Crippen molar-refractivity contribution in [3.05, 3.63) is 44.8 Å². The number of hydrogen-bond acceptors (Lipinski definition) is 5. The van der Waals surface area contributed by atoms with Crippen molar-refractivity contribution in [2.75, 3.05) is 11.9 Å². The number of rotatable bonds is 3. The lowest BCUT2D eigenvalue weighted by Gasteiger charge is -2.25. The van der Waals surface area contributed by atoms with Gasteiger partial charge in [0.05, 0.1) is 12.2 Å². The molecule has 0 radical (unpaired) electrons. The number of urea groups is 1. The van der Waals surface area contributed by atoms with Gasteiger partial charge in [0.1, 0.15) is 5.56 Å². The van der Waals surface area contributed by atoms with Crippen LogP contribution in [0, 0.1) is 0 Å². The molecule has 2 N–H and O–H groups in total. The first-order chi connectivity index (χ1) is 12.3. The van der Waals surface area contributed by atoms with Crippen molar-refractivity contribution in [1.29, 1.82) is 0 Å². The number of nitrogens with one attached hydrogen (secondary N) is 2. The van der Waals surface area contributed by atoms with Gasteiger partial charge in [-0.15, -0.1) is 0 Å². The minimum atomic E-state index is -0.305. The molecule has 138 valence electrons. The summed E-state index contributed by atoms with van der Waals surface area (Å²) in [5.41, 5.74) is 0.748. The Balaban J connectivity index is 1.73. The first kappa shape index (κ1) is 18.1. The second kappa shape index (κ2) is 7.28. The van der Waals surface area contributed by atoms with E-state index in [-0.39, 0.29) is 29.1 Å². The summed E-state index contributed by atoms with van der Waals surface area (Å²) >= 11 is 1.35. The lowest BCUT2D eigenvalue weighted by atomic mass is 10.1. The van der Waals surface area contributed by atoms with E-state index in [9.17, 15) is 14.4 Å². The van der Waals surface area contributed by atoms with Gasteiger partial charge in [0.15, 0.2) is 5.13 Å². The van der Waals surface area contributed by atoms with Gasteiger partial charge in [0, 0.05) is 37.1 Å². The third-order valence-corrected chi connectivity index (χ3v) is 5.01. The third-order valence-electron chi connectivity index (χ3n) is 4.01. The second-order valence-corrected chi connectivity index (χ2v) is 7.54. The van der Waals surface area contributed by atoms with Gasteiger partial charge in [0.2, 0.25) is 0 Å². The topological polar surface area (TPSA) is 96.3 Å². The van der Waals surface area contributed by atoms with Crippen molar-refractivity contribution in [1.82, 2.24) is 19.8 Å². The molecule has 0 unspecified atom stereocenters. The molecule has 0 spiro atoms. The molecule has 0 aliphatic carbocycles. The van der Waals surface area contributed by atoms with E-state index < -0.39 is 0 Å².